The molecule has 1 saturated heterocycles. The molecule has 1 fully saturated rings. The van der Waals surface area contributed by atoms with Crippen LogP contribution in [0, 0.1) is 12.7 Å². The highest BCUT2D eigenvalue weighted by Gasteiger charge is 2.13. The molecule has 1 aliphatic heterocycles. The third-order valence-corrected chi connectivity index (χ3v) is 3.84. The highest BCUT2D eigenvalue weighted by atomic mass is 127. The van der Waals surface area contributed by atoms with Crippen LogP contribution in [0.4, 0.5) is 4.39 Å². The second kappa shape index (κ2) is 8.43. The summed E-state index contributed by atoms with van der Waals surface area (Å²) >= 11 is 0. The van der Waals surface area contributed by atoms with Gasteiger partial charge in [0, 0.05) is 24.8 Å². The molecule has 0 unspecified atom stereocenters. The fourth-order valence-corrected chi connectivity index (χ4v) is 2.44. The molecule has 0 aliphatic carbocycles. The molecule has 1 aromatic heterocycles. The van der Waals surface area contributed by atoms with Gasteiger partial charge in [-0.3, -0.25) is 0 Å². The number of rotatable bonds is 3. The average Bonchev–Trinajstić information content (AvgIpc) is 2.95. The van der Waals surface area contributed by atoms with Crippen molar-refractivity contribution in [3.05, 3.63) is 47.5 Å². The number of hydrogen-bond acceptors (Lipinski definition) is 3. The highest BCUT2D eigenvalue weighted by molar-refractivity contribution is 14.0. The van der Waals surface area contributed by atoms with Crippen molar-refractivity contribution < 1.29 is 9.13 Å². The van der Waals surface area contributed by atoms with E-state index in [4.69, 9.17) is 10.5 Å². The lowest BCUT2D eigenvalue weighted by atomic mass is 10.2. The Hall–Kier alpha value is -1.68. The number of ether oxygens (including phenoxy) is 1. The van der Waals surface area contributed by atoms with E-state index in [-0.39, 0.29) is 29.8 Å². The maximum atomic E-state index is 13.0. The molecule has 1 aliphatic rings. The first-order chi connectivity index (χ1) is 11.1. The maximum Gasteiger partial charge on any atom is 0.191 e. The lowest BCUT2D eigenvalue weighted by Crippen LogP contribution is -2.44. The van der Waals surface area contributed by atoms with E-state index in [9.17, 15) is 4.39 Å². The van der Waals surface area contributed by atoms with Crippen LogP contribution in [0.3, 0.4) is 0 Å². The molecule has 2 N–H and O–H groups in total. The fraction of sp³-hybridized carbons (Fsp3) is 0.375. The molecule has 24 heavy (non-hydrogen) atoms. The first-order valence-corrected chi connectivity index (χ1v) is 7.57. The van der Waals surface area contributed by atoms with Crippen molar-refractivity contribution in [1.82, 2.24) is 14.7 Å². The van der Waals surface area contributed by atoms with Gasteiger partial charge in [0.25, 0.3) is 0 Å². The van der Waals surface area contributed by atoms with Crippen molar-refractivity contribution in [3.8, 4) is 5.69 Å². The molecule has 6 nitrogen and oxygen atoms in total. The number of aliphatic imine (C=N–C) groups is 1. The molecule has 2 heterocycles. The molecule has 8 heteroatoms. The molecule has 0 saturated carbocycles. The van der Waals surface area contributed by atoms with Gasteiger partial charge in [0.2, 0.25) is 0 Å². The normalized spacial score (nSPS) is 15.2. The Morgan fingerprint density at radius 1 is 1.29 bits per heavy atom. The van der Waals surface area contributed by atoms with Gasteiger partial charge >= 0.3 is 0 Å². The summed E-state index contributed by atoms with van der Waals surface area (Å²) < 4.78 is 20.0. The van der Waals surface area contributed by atoms with Crippen molar-refractivity contribution in [2.45, 2.75) is 13.5 Å². The molecule has 0 amide bonds. The van der Waals surface area contributed by atoms with Crippen molar-refractivity contribution in [2.75, 3.05) is 26.3 Å². The van der Waals surface area contributed by atoms with E-state index in [1.54, 1.807) is 16.8 Å². The molecule has 1 aromatic carbocycles. The van der Waals surface area contributed by atoms with E-state index in [1.165, 1.54) is 12.1 Å². The number of guanidine groups is 1. The van der Waals surface area contributed by atoms with Crippen LogP contribution in [-0.2, 0) is 11.3 Å². The van der Waals surface area contributed by atoms with Gasteiger partial charge in [-0.15, -0.1) is 24.0 Å². The van der Waals surface area contributed by atoms with E-state index < -0.39 is 0 Å². The lowest BCUT2D eigenvalue weighted by molar-refractivity contribution is 0.0674. The first-order valence-electron chi connectivity index (χ1n) is 7.57. The number of hydrogen-bond donors (Lipinski definition) is 1. The summed E-state index contributed by atoms with van der Waals surface area (Å²) in [6, 6.07) is 6.22. The molecular formula is C16H21FIN5O. The highest BCUT2D eigenvalue weighted by Crippen LogP contribution is 2.13. The molecule has 0 spiro atoms. The van der Waals surface area contributed by atoms with Crippen molar-refractivity contribution in [3.63, 3.8) is 0 Å². The Kier molecular flexibility index (Phi) is 6.55. The van der Waals surface area contributed by atoms with Crippen LogP contribution >= 0.6 is 24.0 Å². The van der Waals surface area contributed by atoms with Gasteiger partial charge in [-0.1, -0.05) is 0 Å². The first kappa shape index (κ1) is 18.7. The van der Waals surface area contributed by atoms with Gasteiger partial charge in [0.05, 0.1) is 31.1 Å². The van der Waals surface area contributed by atoms with Gasteiger partial charge in [-0.05, 0) is 31.2 Å². The quantitative estimate of drug-likeness (QED) is 0.447. The number of nitrogens with zero attached hydrogens (tertiary/aromatic N) is 4. The summed E-state index contributed by atoms with van der Waals surface area (Å²) in [4.78, 5) is 6.47. The SMILES string of the molecule is Cc1nn(-c2ccc(F)cc2)cc1CN=C(N)N1CCOCC1.I. The van der Waals surface area contributed by atoms with E-state index in [0.29, 0.717) is 25.7 Å². The average molecular weight is 445 g/mol. The van der Waals surface area contributed by atoms with Gasteiger partial charge in [-0.25, -0.2) is 14.1 Å². The Morgan fingerprint density at radius 2 is 1.96 bits per heavy atom. The predicted molar refractivity (Wildman–Crippen MR) is 101 cm³/mol. The number of nitrogens with two attached hydrogens (primary N) is 1. The summed E-state index contributed by atoms with van der Waals surface area (Å²) in [5.74, 6) is 0.267. The molecule has 0 bridgehead atoms. The number of aryl methyl sites for hydroxylation is 1. The van der Waals surface area contributed by atoms with E-state index in [0.717, 1.165) is 30.0 Å². The number of benzene rings is 1. The van der Waals surface area contributed by atoms with Crippen LogP contribution in [0.25, 0.3) is 5.69 Å². The minimum atomic E-state index is -0.263. The molecule has 130 valence electrons. The number of aromatic nitrogens is 2. The lowest BCUT2D eigenvalue weighted by Gasteiger charge is -2.27. The third kappa shape index (κ3) is 4.44. The topological polar surface area (TPSA) is 68.7 Å². The van der Waals surface area contributed by atoms with Crippen LogP contribution in [0.2, 0.25) is 0 Å². The third-order valence-electron chi connectivity index (χ3n) is 3.84. The smallest absolute Gasteiger partial charge is 0.191 e. The predicted octanol–water partition coefficient (Wildman–Crippen LogP) is 2.08. The van der Waals surface area contributed by atoms with Gasteiger partial charge in [0.1, 0.15) is 5.82 Å². The zero-order valence-electron chi connectivity index (χ0n) is 13.5. The van der Waals surface area contributed by atoms with Crippen LogP contribution in [0.5, 0.6) is 0 Å². The zero-order chi connectivity index (χ0) is 16.2. The maximum absolute atomic E-state index is 13.0. The summed E-state index contributed by atoms with van der Waals surface area (Å²) in [7, 11) is 0. The van der Waals surface area contributed by atoms with Crippen LogP contribution in [-0.4, -0.2) is 46.9 Å². The van der Waals surface area contributed by atoms with Gasteiger partial charge < -0.3 is 15.4 Å². The minimum Gasteiger partial charge on any atom is -0.378 e. The van der Waals surface area contributed by atoms with Crippen molar-refractivity contribution >= 4 is 29.9 Å². The molecule has 2 aromatic rings. The van der Waals surface area contributed by atoms with Crippen LogP contribution in [0.15, 0.2) is 35.5 Å². The Morgan fingerprint density at radius 3 is 2.62 bits per heavy atom. The molecule has 0 radical (unpaired) electrons. The fourth-order valence-electron chi connectivity index (χ4n) is 2.44. The largest absolute Gasteiger partial charge is 0.378 e. The summed E-state index contributed by atoms with van der Waals surface area (Å²) in [6.07, 6.45) is 1.90. The number of halogens is 2. The Balaban J connectivity index is 0.00000208. The number of morpholine rings is 1. The summed E-state index contributed by atoms with van der Waals surface area (Å²) in [5, 5.41) is 4.45. The second-order valence-electron chi connectivity index (χ2n) is 5.43. The van der Waals surface area contributed by atoms with Crippen LogP contribution < -0.4 is 5.73 Å². The monoisotopic (exact) mass is 445 g/mol. The zero-order valence-corrected chi connectivity index (χ0v) is 15.8. The van der Waals surface area contributed by atoms with Gasteiger partial charge in [0.15, 0.2) is 5.96 Å². The van der Waals surface area contributed by atoms with Crippen molar-refractivity contribution in [1.29, 1.82) is 0 Å². The van der Waals surface area contributed by atoms with Crippen LogP contribution in [0.1, 0.15) is 11.3 Å². The Labute approximate surface area is 157 Å². The summed E-state index contributed by atoms with van der Waals surface area (Å²) in [5.41, 5.74) is 8.72. The molecular weight excluding hydrogens is 424 g/mol. The Bertz CT molecular complexity index is 695. The van der Waals surface area contributed by atoms with E-state index in [1.807, 2.05) is 18.0 Å². The van der Waals surface area contributed by atoms with Gasteiger partial charge in [-0.2, -0.15) is 5.10 Å². The van der Waals surface area contributed by atoms with E-state index in [2.05, 4.69) is 10.1 Å². The minimum absolute atomic E-state index is 0. The molecule has 0 atom stereocenters. The van der Waals surface area contributed by atoms with E-state index >= 15 is 0 Å². The standard InChI is InChI=1S/C16H20FN5O.HI/c1-12-13(10-19-16(18)21-6-8-23-9-7-21)11-22(20-12)15-4-2-14(17)3-5-15;/h2-5,11H,6-10H2,1H3,(H2,18,19);1H. The van der Waals surface area contributed by atoms with Crippen molar-refractivity contribution in [2.24, 2.45) is 10.7 Å². The molecule has 3 rings (SSSR count). The second-order valence-corrected chi connectivity index (χ2v) is 5.43. The summed E-state index contributed by atoms with van der Waals surface area (Å²) in [6.45, 7) is 5.29.